The van der Waals surface area contributed by atoms with Gasteiger partial charge < -0.3 is 20.3 Å². The van der Waals surface area contributed by atoms with Crippen LogP contribution in [-0.2, 0) is 11.3 Å². The first-order chi connectivity index (χ1) is 13.6. The van der Waals surface area contributed by atoms with E-state index in [1.54, 1.807) is 26.1 Å². The molecule has 6 nitrogen and oxygen atoms in total. The van der Waals surface area contributed by atoms with E-state index in [1.165, 1.54) is 12.1 Å². The quantitative estimate of drug-likeness (QED) is 0.654. The molecule has 0 saturated heterocycles. The Hall–Kier alpha value is -3.07. The normalized spacial score (nSPS) is 13.3. The van der Waals surface area contributed by atoms with Crippen molar-refractivity contribution in [1.29, 1.82) is 0 Å². The van der Waals surface area contributed by atoms with Crippen molar-refractivity contribution in [2.75, 3.05) is 19.4 Å². The second-order valence-corrected chi connectivity index (χ2v) is 6.58. The van der Waals surface area contributed by atoms with Crippen LogP contribution in [0.4, 0.5) is 18.9 Å². The average Bonchev–Trinajstić information content (AvgIpc) is 2.67. The molecule has 0 heterocycles. The van der Waals surface area contributed by atoms with Crippen molar-refractivity contribution in [2.45, 2.75) is 25.9 Å². The van der Waals surface area contributed by atoms with E-state index in [1.807, 2.05) is 19.2 Å². The largest absolute Gasteiger partial charge is 0.573 e. The van der Waals surface area contributed by atoms with Gasteiger partial charge in [-0.05, 0) is 43.3 Å². The monoisotopic (exact) mass is 410 g/mol. The molecule has 0 radical (unpaired) electrons. The van der Waals surface area contributed by atoms with Gasteiger partial charge in [-0.2, -0.15) is 0 Å². The topological polar surface area (TPSA) is 71.9 Å². The van der Waals surface area contributed by atoms with E-state index in [0.29, 0.717) is 17.8 Å². The first kappa shape index (κ1) is 22.2. The van der Waals surface area contributed by atoms with Gasteiger partial charge in [-0.25, -0.2) is 0 Å². The molecule has 3 N–H and O–H groups in total. The lowest BCUT2D eigenvalue weighted by molar-refractivity contribution is -0.907. The minimum absolute atomic E-state index is 0.170. The number of carbonyl (C=O) groups is 2. The highest BCUT2D eigenvalue weighted by Crippen LogP contribution is 2.23. The smallest absolute Gasteiger partial charge is 0.406 e. The molecule has 0 spiro atoms. The van der Waals surface area contributed by atoms with Crippen LogP contribution in [0.15, 0.2) is 48.5 Å². The van der Waals surface area contributed by atoms with Crippen molar-refractivity contribution in [3.63, 3.8) is 0 Å². The summed E-state index contributed by atoms with van der Waals surface area (Å²) in [7, 11) is 3.42. The number of alkyl halides is 3. The molecule has 29 heavy (non-hydrogen) atoms. The number of nitrogens with one attached hydrogen (secondary N) is 3. The number of benzene rings is 2. The van der Waals surface area contributed by atoms with Crippen molar-refractivity contribution in [2.24, 2.45) is 0 Å². The molecule has 0 fully saturated rings. The average molecular weight is 410 g/mol. The van der Waals surface area contributed by atoms with Gasteiger partial charge in [-0.15, -0.1) is 13.2 Å². The maximum absolute atomic E-state index is 12.4. The third-order valence-corrected chi connectivity index (χ3v) is 4.41. The Bertz CT molecular complexity index is 837. The number of hydrogen-bond acceptors (Lipinski definition) is 3. The number of carbonyl (C=O) groups excluding carboxylic acids is 2. The van der Waals surface area contributed by atoms with Crippen LogP contribution in [0.1, 0.15) is 22.8 Å². The number of ether oxygens (including phenoxy) is 1. The molecule has 2 aromatic rings. The summed E-state index contributed by atoms with van der Waals surface area (Å²) in [5, 5.41) is 5.23. The first-order valence-electron chi connectivity index (χ1n) is 8.89. The van der Waals surface area contributed by atoms with Gasteiger partial charge in [0, 0.05) is 23.9 Å². The van der Waals surface area contributed by atoms with Crippen LogP contribution < -0.4 is 20.3 Å². The fourth-order valence-electron chi connectivity index (χ4n) is 2.61. The molecule has 9 heteroatoms. The molecule has 0 aliphatic rings. The summed E-state index contributed by atoms with van der Waals surface area (Å²) in [5.74, 6) is -0.794. The lowest BCUT2D eigenvalue weighted by atomic mass is 10.1. The van der Waals surface area contributed by atoms with E-state index in [-0.39, 0.29) is 17.6 Å². The SMILES string of the molecule is CNC(=O)c1ccc(C[NH+](C)[C@@H](C)C(=O)Nc2ccc(OC(F)(F)F)cc2)cc1. The molecule has 0 aliphatic carbocycles. The molecule has 2 aromatic carbocycles. The fraction of sp³-hybridized carbons (Fsp3) is 0.300. The highest BCUT2D eigenvalue weighted by molar-refractivity contribution is 5.94. The number of likely N-dealkylation sites (N-methyl/N-ethyl adjacent to an activating group) is 1. The fourth-order valence-corrected chi connectivity index (χ4v) is 2.61. The maximum atomic E-state index is 12.4. The van der Waals surface area contributed by atoms with Crippen molar-refractivity contribution < 1.29 is 32.4 Å². The Balaban J connectivity index is 1.92. The van der Waals surface area contributed by atoms with Gasteiger partial charge in [0.15, 0.2) is 6.04 Å². The second kappa shape index (κ2) is 9.42. The lowest BCUT2D eigenvalue weighted by Gasteiger charge is -2.21. The summed E-state index contributed by atoms with van der Waals surface area (Å²) < 4.78 is 40.4. The highest BCUT2D eigenvalue weighted by Gasteiger charge is 2.31. The predicted octanol–water partition coefficient (Wildman–Crippen LogP) is 1.99. The van der Waals surface area contributed by atoms with Crippen LogP contribution in [0.5, 0.6) is 5.75 Å². The molecule has 0 saturated carbocycles. The first-order valence-corrected chi connectivity index (χ1v) is 8.89. The Morgan fingerprint density at radius 2 is 1.66 bits per heavy atom. The zero-order valence-corrected chi connectivity index (χ0v) is 16.3. The summed E-state index contributed by atoms with van der Waals surface area (Å²) in [6, 6.07) is 11.6. The van der Waals surface area contributed by atoms with Gasteiger partial charge in [0.25, 0.3) is 11.8 Å². The lowest BCUT2D eigenvalue weighted by Crippen LogP contribution is -3.12. The van der Waals surface area contributed by atoms with Crippen LogP contribution in [0.2, 0.25) is 0 Å². The highest BCUT2D eigenvalue weighted by atomic mass is 19.4. The Kier molecular flexibility index (Phi) is 7.22. The van der Waals surface area contributed by atoms with E-state index in [9.17, 15) is 22.8 Å². The van der Waals surface area contributed by atoms with Crippen LogP contribution >= 0.6 is 0 Å². The number of halogens is 3. The number of anilines is 1. The van der Waals surface area contributed by atoms with Crippen molar-refractivity contribution in [3.8, 4) is 5.75 Å². The second-order valence-electron chi connectivity index (χ2n) is 6.58. The van der Waals surface area contributed by atoms with Crippen LogP contribution in [0.25, 0.3) is 0 Å². The van der Waals surface area contributed by atoms with Gasteiger partial charge in [-0.1, -0.05) is 12.1 Å². The van der Waals surface area contributed by atoms with Crippen molar-refractivity contribution in [3.05, 3.63) is 59.7 Å². The summed E-state index contributed by atoms with van der Waals surface area (Å²) >= 11 is 0. The Morgan fingerprint density at radius 3 is 2.17 bits per heavy atom. The van der Waals surface area contributed by atoms with E-state index in [0.717, 1.165) is 22.6 Å². The summed E-state index contributed by atoms with van der Waals surface area (Å²) in [5.41, 5.74) is 1.89. The minimum atomic E-state index is -4.76. The van der Waals surface area contributed by atoms with Crippen molar-refractivity contribution in [1.82, 2.24) is 5.32 Å². The summed E-state index contributed by atoms with van der Waals surface area (Å²) in [4.78, 5) is 24.9. The number of hydrogen-bond donors (Lipinski definition) is 3. The third kappa shape index (κ3) is 6.79. The van der Waals surface area contributed by atoms with E-state index in [4.69, 9.17) is 0 Å². The zero-order valence-electron chi connectivity index (χ0n) is 16.3. The zero-order chi connectivity index (χ0) is 21.6. The van der Waals surface area contributed by atoms with Crippen LogP contribution in [-0.4, -0.2) is 38.3 Å². The molecule has 2 rings (SSSR count). The third-order valence-electron chi connectivity index (χ3n) is 4.41. The summed E-state index contributed by atoms with van der Waals surface area (Å²) in [6.45, 7) is 2.31. The van der Waals surface area contributed by atoms with E-state index < -0.39 is 12.4 Å². The van der Waals surface area contributed by atoms with Gasteiger partial charge in [0.1, 0.15) is 12.3 Å². The molecular weight excluding hydrogens is 387 g/mol. The van der Waals surface area contributed by atoms with E-state index in [2.05, 4.69) is 15.4 Å². The van der Waals surface area contributed by atoms with Gasteiger partial charge >= 0.3 is 6.36 Å². The minimum Gasteiger partial charge on any atom is -0.406 e. The molecule has 1 unspecified atom stereocenters. The Morgan fingerprint density at radius 1 is 1.07 bits per heavy atom. The molecular formula is C20H23F3N3O3+. The molecule has 156 valence electrons. The number of amides is 2. The standard InChI is InChI=1S/C20H22F3N3O3/c1-13(26(3)12-14-4-6-15(7-5-14)19(28)24-2)18(27)25-16-8-10-17(11-9-16)29-20(21,22)23/h4-11,13H,12H2,1-3H3,(H,24,28)(H,25,27)/p+1/t13-/m0/s1. The predicted molar refractivity (Wildman–Crippen MR) is 102 cm³/mol. The molecule has 0 aromatic heterocycles. The van der Waals surface area contributed by atoms with Gasteiger partial charge in [-0.3, -0.25) is 9.59 Å². The summed E-state index contributed by atoms with van der Waals surface area (Å²) in [6.07, 6.45) is -4.76. The van der Waals surface area contributed by atoms with Gasteiger partial charge in [0.2, 0.25) is 0 Å². The van der Waals surface area contributed by atoms with Crippen LogP contribution in [0.3, 0.4) is 0 Å². The Labute approximate surface area is 166 Å². The van der Waals surface area contributed by atoms with E-state index >= 15 is 0 Å². The number of rotatable bonds is 7. The molecule has 0 bridgehead atoms. The molecule has 2 amide bonds. The molecule has 0 aliphatic heterocycles. The van der Waals surface area contributed by atoms with Crippen LogP contribution in [0, 0.1) is 0 Å². The van der Waals surface area contributed by atoms with Crippen molar-refractivity contribution >= 4 is 17.5 Å². The number of quaternary nitrogens is 1. The molecule has 2 atom stereocenters. The van der Waals surface area contributed by atoms with Gasteiger partial charge in [0.05, 0.1) is 7.05 Å². The maximum Gasteiger partial charge on any atom is 0.573 e.